The zero-order valence-corrected chi connectivity index (χ0v) is 16.9. The van der Waals surface area contributed by atoms with Crippen LogP contribution in [0.2, 0.25) is 0 Å². The molecule has 1 fully saturated rings. The molecule has 5 nitrogen and oxygen atoms in total. The standard InChI is InChI=1S/C21H21F3N2O3S/c22-21(23,24)13-3-1-4-14(11-13)26-19(27)16-5-2-8-25-20(16)30-15-6-7-17-18(12-15)29-10-9-28-17/h2,5-8,12-14H,1,3-4,9-11H2,(H,26,27). The van der Waals surface area contributed by atoms with Gasteiger partial charge in [-0.2, -0.15) is 13.2 Å². The third kappa shape index (κ3) is 4.83. The summed E-state index contributed by atoms with van der Waals surface area (Å²) in [6, 6.07) is 8.26. The van der Waals surface area contributed by atoms with Gasteiger partial charge in [-0.3, -0.25) is 4.79 Å². The van der Waals surface area contributed by atoms with Gasteiger partial charge in [-0.25, -0.2) is 4.98 Å². The zero-order valence-electron chi connectivity index (χ0n) is 16.1. The van der Waals surface area contributed by atoms with Crippen LogP contribution in [0.5, 0.6) is 11.5 Å². The maximum atomic E-state index is 13.1. The molecule has 0 bridgehead atoms. The lowest BCUT2D eigenvalue weighted by atomic mass is 9.85. The summed E-state index contributed by atoms with van der Waals surface area (Å²) in [7, 11) is 0. The second kappa shape index (κ2) is 8.75. The molecule has 4 rings (SSSR count). The van der Waals surface area contributed by atoms with Gasteiger partial charge in [0.25, 0.3) is 5.91 Å². The molecule has 2 aliphatic rings. The smallest absolute Gasteiger partial charge is 0.391 e. The van der Waals surface area contributed by atoms with Crippen LogP contribution in [0.1, 0.15) is 36.0 Å². The molecule has 2 atom stereocenters. The summed E-state index contributed by atoms with van der Waals surface area (Å²) in [6.07, 6.45) is -1.62. The maximum absolute atomic E-state index is 13.1. The first-order valence-electron chi connectivity index (χ1n) is 9.80. The molecule has 0 radical (unpaired) electrons. The first-order valence-corrected chi connectivity index (χ1v) is 10.6. The molecule has 9 heteroatoms. The van der Waals surface area contributed by atoms with E-state index >= 15 is 0 Å². The van der Waals surface area contributed by atoms with E-state index < -0.39 is 24.0 Å². The van der Waals surface area contributed by atoms with Crippen molar-refractivity contribution >= 4 is 17.7 Å². The fourth-order valence-corrected chi connectivity index (χ4v) is 4.63. The number of hydrogen-bond donors (Lipinski definition) is 1. The maximum Gasteiger partial charge on any atom is 0.391 e. The molecule has 1 N–H and O–H groups in total. The summed E-state index contributed by atoms with van der Waals surface area (Å²) >= 11 is 1.29. The van der Waals surface area contributed by atoms with Crippen LogP contribution in [-0.2, 0) is 0 Å². The van der Waals surface area contributed by atoms with Crippen LogP contribution >= 0.6 is 11.8 Å². The van der Waals surface area contributed by atoms with Gasteiger partial charge in [-0.05, 0) is 49.6 Å². The molecule has 1 aromatic heterocycles. The van der Waals surface area contributed by atoms with Gasteiger partial charge < -0.3 is 14.8 Å². The molecule has 1 saturated carbocycles. The Morgan fingerprint density at radius 2 is 1.93 bits per heavy atom. The normalized spacial score (nSPS) is 21.2. The fraction of sp³-hybridized carbons (Fsp3) is 0.429. The number of aromatic nitrogens is 1. The first-order chi connectivity index (χ1) is 14.4. The number of pyridine rings is 1. The van der Waals surface area contributed by atoms with Crippen molar-refractivity contribution in [1.29, 1.82) is 0 Å². The topological polar surface area (TPSA) is 60.5 Å². The third-order valence-electron chi connectivity index (χ3n) is 5.22. The number of carbonyl (C=O) groups is 1. The van der Waals surface area contributed by atoms with Crippen molar-refractivity contribution in [3.8, 4) is 11.5 Å². The lowest BCUT2D eigenvalue weighted by Crippen LogP contribution is -2.41. The molecule has 1 aromatic carbocycles. The van der Waals surface area contributed by atoms with Crippen LogP contribution in [-0.4, -0.2) is 36.3 Å². The molecular formula is C21H21F3N2O3S. The molecule has 30 heavy (non-hydrogen) atoms. The number of nitrogens with one attached hydrogen (secondary N) is 1. The second-order valence-electron chi connectivity index (χ2n) is 7.34. The van der Waals surface area contributed by atoms with Gasteiger partial charge in [0.15, 0.2) is 11.5 Å². The Balaban J connectivity index is 1.47. The summed E-state index contributed by atoms with van der Waals surface area (Å²) < 4.78 is 50.3. The van der Waals surface area contributed by atoms with E-state index in [2.05, 4.69) is 10.3 Å². The van der Waals surface area contributed by atoms with E-state index in [-0.39, 0.29) is 12.8 Å². The largest absolute Gasteiger partial charge is 0.486 e. The van der Waals surface area contributed by atoms with Crippen LogP contribution < -0.4 is 14.8 Å². The van der Waals surface area contributed by atoms with Gasteiger partial charge in [0, 0.05) is 17.1 Å². The molecule has 160 valence electrons. The summed E-state index contributed by atoms with van der Waals surface area (Å²) in [5, 5.41) is 3.26. The highest BCUT2D eigenvalue weighted by molar-refractivity contribution is 7.99. The predicted molar refractivity (Wildman–Crippen MR) is 105 cm³/mol. The minimum absolute atomic E-state index is 0.0832. The highest BCUT2D eigenvalue weighted by Gasteiger charge is 2.42. The van der Waals surface area contributed by atoms with E-state index in [0.29, 0.717) is 48.1 Å². The van der Waals surface area contributed by atoms with Crippen LogP contribution in [0.3, 0.4) is 0 Å². The van der Waals surface area contributed by atoms with Crippen LogP contribution in [0.15, 0.2) is 46.5 Å². The van der Waals surface area contributed by atoms with Crippen molar-refractivity contribution in [2.24, 2.45) is 5.92 Å². The molecule has 1 aliphatic heterocycles. The van der Waals surface area contributed by atoms with Crippen molar-refractivity contribution in [1.82, 2.24) is 10.3 Å². The van der Waals surface area contributed by atoms with E-state index in [9.17, 15) is 18.0 Å². The van der Waals surface area contributed by atoms with E-state index in [1.807, 2.05) is 12.1 Å². The highest BCUT2D eigenvalue weighted by atomic mass is 32.2. The Morgan fingerprint density at radius 3 is 2.73 bits per heavy atom. The van der Waals surface area contributed by atoms with E-state index in [1.165, 1.54) is 11.8 Å². The minimum Gasteiger partial charge on any atom is -0.486 e. The molecule has 0 spiro atoms. The van der Waals surface area contributed by atoms with E-state index in [0.717, 1.165) is 4.90 Å². The van der Waals surface area contributed by atoms with Gasteiger partial charge >= 0.3 is 6.18 Å². The van der Waals surface area contributed by atoms with Gasteiger partial charge in [0.05, 0.1) is 11.5 Å². The van der Waals surface area contributed by atoms with Crippen molar-refractivity contribution in [2.75, 3.05) is 13.2 Å². The zero-order chi connectivity index (χ0) is 21.1. The average molecular weight is 438 g/mol. The number of alkyl halides is 3. The number of hydrogen-bond acceptors (Lipinski definition) is 5. The molecule has 1 amide bonds. The van der Waals surface area contributed by atoms with Crippen LogP contribution in [0.4, 0.5) is 13.2 Å². The number of ether oxygens (including phenoxy) is 2. The van der Waals surface area contributed by atoms with Crippen LogP contribution in [0.25, 0.3) is 0 Å². The Labute approximate surface area is 176 Å². The molecule has 2 heterocycles. The summed E-state index contributed by atoms with van der Waals surface area (Å²) in [6.45, 7) is 0.971. The lowest BCUT2D eigenvalue weighted by molar-refractivity contribution is -0.183. The molecule has 2 aromatic rings. The third-order valence-corrected chi connectivity index (χ3v) is 6.22. The van der Waals surface area contributed by atoms with E-state index in [4.69, 9.17) is 9.47 Å². The Bertz CT molecular complexity index is 923. The summed E-state index contributed by atoms with van der Waals surface area (Å²) in [5.41, 5.74) is 0.339. The first kappa shape index (κ1) is 20.8. The predicted octanol–water partition coefficient (Wildman–Crippen LogP) is 4.85. The van der Waals surface area contributed by atoms with Gasteiger partial charge in [0.1, 0.15) is 18.2 Å². The minimum atomic E-state index is -4.23. The molecular weight excluding hydrogens is 417 g/mol. The lowest BCUT2D eigenvalue weighted by Gasteiger charge is -2.31. The summed E-state index contributed by atoms with van der Waals surface area (Å²) in [5.74, 6) is -0.470. The highest BCUT2D eigenvalue weighted by Crippen LogP contribution is 2.39. The van der Waals surface area contributed by atoms with Crippen molar-refractivity contribution in [3.05, 3.63) is 42.1 Å². The fourth-order valence-electron chi connectivity index (χ4n) is 3.73. The SMILES string of the molecule is O=C(NC1CCCC(C(F)(F)F)C1)c1cccnc1Sc1ccc2c(c1)OCCO2. The van der Waals surface area contributed by atoms with Crippen LogP contribution in [0, 0.1) is 5.92 Å². The monoisotopic (exact) mass is 438 g/mol. The van der Waals surface area contributed by atoms with Gasteiger partial charge in [-0.15, -0.1) is 0 Å². The number of amides is 1. The van der Waals surface area contributed by atoms with Crippen molar-refractivity contribution in [3.63, 3.8) is 0 Å². The number of halogens is 3. The number of rotatable bonds is 4. The van der Waals surface area contributed by atoms with Gasteiger partial charge in [-0.1, -0.05) is 18.2 Å². The number of fused-ring (bicyclic) bond motifs is 1. The molecule has 2 unspecified atom stereocenters. The van der Waals surface area contributed by atoms with Crippen molar-refractivity contribution < 1.29 is 27.4 Å². The number of nitrogens with zero attached hydrogens (tertiary/aromatic N) is 1. The second-order valence-corrected chi connectivity index (χ2v) is 8.40. The number of benzene rings is 1. The average Bonchev–Trinajstić information content (AvgIpc) is 2.73. The summed E-state index contributed by atoms with van der Waals surface area (Å²) in [4.78, 5) is 17.9. The quantitative estimate of drug-likeness (QED) is 0.739. The Kier molecular flexibility index (Phi) is 6.08. The molecule has 0 saturated heterocycles. The Morgan fingerprint density at radius 1 is 1.13 bits per heavy atom. The number of carbonyl (C=O) groups excluding carboxylic acids is 1. The Hall–Kier alpha value is -2.42. The van der Waals surface area contributed by atoms with Crippen molar-refractivity contribution in [2.45, 2.75) is 47.8 Å². The molecule has 1 aliphatic carbocycles. The van der Waals surface area contributed by atoms with Gasteiger partial charge in [0.2, 0.25) is 0 Å². The van der Waals surface area contributed by atoms with E-state index in [1.54, 1.807) is 24.4 Å².